The first-order chi connectivity index (χ1) is 21.5. The van der Waals surface area contributed by atoms with Crippen LogP contribution in [0.15, 0.2) is 152 Å². The molecule has 0 bridgehead atoms. The normalized spacial score (nSPS) is 12.0. The Hall–Kier alpha value is -5.20. The second-order valence-corrected chi connectivity index (χ2v) is 12.9. The van der Waals surface area contributed by atoms with Crippen LogP contribution in [0.4, 0.5) is 0 Å². The molecule has 0 heterocycles. The van der Waals surface area contributed by atoms with Crippen molar-refractivity contribution in [2.24, 2.45) is 0 Å². The van der Waals surface area contributed by atoms with Crippen LogP contribution in [0, 0.1) is 0 Å². The molecule has 8 rings (SSSR count). The van der Waals surface area contributed by atoms with Crippen molar-refractivity contribution in [1.29, 1.82) is 0 Å². The lowest BCUT2D eigenvalue weighted by Crippen LogP contribution is -2.10. The smallest absolute Gasteiger partial charge is 0.00200 e. The summed E-state index contributed by atoms with van der Waals surface area (Å²) < 4.78 is 0. The number of benzene rings is 8. The molecule has 0 unspecified atom stereocenters. The fraction of sp³-hybridized carbons (Fsp3) is 0.0909. The van der Waals surface area contributed by atoms with E-state index in [1.54, 1.807) is 0 Å². The van der Waals surface area contributed by atoms with Crippen molar-refractivity contribution in [3.63, 3.8) is 0 Å². The second kappa shape index (κ2) is 10.2. The van der Waals surface area contributed by atoms with E-state index in [1.165, 1.54) is 82.0 Å². The predicted molar refractivity (Wildman–Crippen MR) is 191 cm³/mol. The summed E-state index contributed by atoms with van der Waals surface area (Å²) in [6, 6.07) is 56.0. The standard InChI is InChI=1S/C44H34/c1-44(2,3)31-24-25-40-41(28-31)43(39-27-26-33(29-14-5-4-6-15-29)34-19-9-10-20-35(34)39)38-22-12-11-21-37(38)42(40)36-23-13-17-30-16-7-8-18-32(30)36/h4-28H,1-3H3. The molecule has 0 aliphatic carbocycles. The molecule has 44 heavy (non-hydrogen) atoms. The predicted octanol–water partition coefficient (Wildman–Crippen LogP) is 12.6. The van der Waals surface area contributed by atoms with Crippen molar-refractivity contribution in [1.82, 2.24) is 0 Å². The maximum atomic E-state index is 2.46. The first-order valence-corrected chi connectivity index (χ1v) is 15.5. The molecule has 0 heteroatoms. The molecule has 8 aromatic rings. The Morgan fingerprint density at radius 2 is 0.841 bits per heavy atom. The van der Waals surface area contributed by atoms with Crippen molar-refractivity contribution >= 4 is 43.1 Å². The molecule has 0 amide bonds. The average Bonchev–Trinajstić information content (AvgIpc) is 3.06. The van der Waals surface area contributed by atoms with Gasteiger partial charge in [0.05, 0.1) is 0 Å². The maximum Gasteiger partial charge on any atom is -0.00200 e. The lowest BCUT2D eigenvalue weighted by atomic mass is 9.80. The highest BCUT2D eigenvalue weighted by molar-refractivity contribution is 6.25. The second-order valence-electron chi connectivity index (χ2n) is 12.9. The molecule has 0 aliphatic rings. The first kappa shape index (κ1) is 26.4. The molecule has 0 saturated heterocycles. The van der Waals surface area contributed by atoms with Crippen LogP contribution in [-0.4, -0.2) is 0 Å². The van der Waals surface area contributed by atoms with Gasteiger partial charge in [0.1, 0.15) is 0 Å². The molecule has 0 saturated carbocycles. The molecule has 0 atom stereocenters. The summed E-state index contributed by atoms with van der Waals surface area (Å²) in [5, 5.41) is 10.3. The van der Waals surface area contributed by atoms with E-state index in [-0.39, 0.29) is 5.41 Å². The van der Waals surface area contributed by atoms with E-state index in [9.17, 15) is 0 Å². The van der Waals surface area contributed by atoms with Crippen LogP contribution < -0.4 is 0 Å². The third kappa shape index (κ3) is 4.21. The van der Waals surface area contributed by atoms with Crippen molar-refractivity contribution in [3.05, 3.63) is 157 Å². The molecule has 0 radical (unpaired) electrons. The van der Waals surface area contributed by atoms with E-state index >= 15 is 0 Å². The van der Waals surface area contributed by atoms with E-state index < -0.39 is 0 Å². The Kier molecular flexibility index (Phi) is 6.13. The molecule has 8 aromatic carbocycles. The Labute approximate surface area is 259 Å². The first-order valence-electron chi connectivity index (χ1n) is 15.5. The van der Waals surface area contributed by atoms with Gasteiger partial charge < -0.3 is 0 Å². The van der Waals surface area contributed by atoms with Crippen LogP contribution in [-0.2, 0) is 5.41 Å². The van der Waals surface area contributed by atoms with Crippen molar-refractivity contribution in [2.75, 3.05) is 0 Å². The van der Waals surface area contributed by atoms with Crippen LogP contribution in [0.5, 0.6) is 0 Å². The fourth-order valence-corrected chi connectivity index (χ4v) is 7.06. The fourth-order valence-electron chi connectivity index (χ4n) is 7.06. The summed E-state index contributed by atoms with van der Waals surface area (Å²) in [5.74, 6) is 0. The molecule has 0 aromatic heterocycles. The third-order valence-electron chi connectivity index (χ3n) is 9.23. The average molecular weight is 563 g/mol. The van der Waals surface area contributed by atoms with Gasteiger partial charge in [0.2, 0.25) is 0 Å². The van der Waals surface area contributed by atoms with Crippen LogP contribution in [0.25, 0.3) is 76.5 Å². The quantitative estimate of drug-likeness (QED) is 0.188. The Balaban J connectivity index is 1.55. The summed E-state index contributed by atoms with van der Waals surface area (Å²) in [6.07, 6.45) is 0. The lowest BCUT2D eigenvalue weighted by molar-refractivity contribution is 0.591. The van der Waals surface area contributed by atoms with Gasteiger partial charge in [-0.1, -0.05) is 166 Å². The van der Waals surface area contributed by atoms with Crippen LogP contribution in [0.3, 0.4) is 0 Å². The van der Waals surface area contributed by atoms with Crippen LogP contribution >= 0.6 is 0 Å². The number of fused-ring (bicyclic) bond motifs is 4. The zero-order valence-corrected chi connectivity index (χ0v) is 25.4. The molecule has 0 fully saturated rings. The van der Waals surface area contributed by atoms with Gasteiger partial charge in [0.25, 0.3) is 0 Å². The molecule has 210 valence electrons. The summed E-state index contributed by atoms with van der Waals surface area (Å²) in [5.41, 5.74) is 9.04. The molecular formula is C44H34. The Morgan fingerprint density at radius 1 is 0.341 bits per heavy atom. The summed E-state index contributed by atoms with van der Waals surface area (Å²) >= 11 is 0. The molecule has 0 spiro atoms. The van der Waals surface area contributed by atoms with Gasteiger partial charge in [-0.15, -0.1) is 0 Å². The van der Waals surface area contributed by atoms with Gasteiger partial charge in [-0.3, -0.25) is 0 Å². The zero-order valence-electron chi connectivity index (χ0n) is 25.4. The molecule has 0 aliphatic heterocycles. The van der Waals surface area contributed by atoms with E-state index in [1.807, 2.05) is 0 Å². The minimum Gasteiger partial charge on any atom is -0.0622 e. The van der Waals surface area contributed by atoms with Gasteiger partial charge in [0.15, 0.2) is 0 Å². The van der Waals surface area contributed by atoms with E-state index in [2.05, 4.69) is 172 Å². The highest BCUT2D eigenvalue weighted by Gasteiger charge is 2.22. The van der Waals surface area contributed by atoms with Crippen LogP contribution in [0.2, 0.25) is 0 Å². The third-order valence-corrected chi connectivity index (χ3v) is 9.23. The lowest BCUT2D eigenvalue weighted by Gasteiger charge is -2.24. The minimum atomic E-state index is 0.0238. The van der Waals surface area contributed by atoms with Gasteiger partial charge in [-0.2, -0.15) is 0 Å². The number of hydrogen-bond donors (Lipinski definition) is 0. The summed E-state index contributed by atoms with van der Waals surface area (Å²) in [6.45, 7) is 6.93. The van der Waals surface area contributed by atoms with Gasteiger partial charge in [-0.25, -0.2) is 0 Å². The van der Waals surface area contributed by atoms with Crippen molar-refractivity contribution in [2.45, 2.75) is 26.2 Å². The topological polar surface area (TPSA) is 0 Å². The molecular weight excluding hydrogens is 528 g/mol. The van der Waals surface area contributed by atoms with Gasteiger partial charge >= 0.3 is 0 Å². The summed E-state index contributed by atoms with van der Waals surface area (Å²) in [7, 11) is 0. The van der Waals surface area contributed by atoms with E-state index in [4.69, 9.17) is 0 Å². The highest BCUT2D eigenvalue weighted by atomic mass is 14.3. The largest absolute Gasteiger partial charge is 0.0622 e. The Morgan fingerprint density at radius 3 is 1.55 bits per heavy atom. The van der Waals surface area contributed by atoms with E-state index in [0.29, 0.717) is 0 Å². The summed E-state index contributed by atoms with van der Waals surface area (Å²) in [4.78, 5) is 0. The van der Waals surface area contributed by atoms with Crippen molar-refractivity contribution < 1.29 is 0 Å². The maximum absolute atomic E-state index is 2.46. The zero-order chi connectivity index (χ0) is 29.8. The minimum absolute atomic E-state index is 0.0238. The Bertz CT molecular complexity index is 2340. The monoisotopic (exact) mass is 562 g/mol. The van der Waals surface area contributed by atoms with Gasteiger partial charge in [0, 0.05) is 0 Å². The highest BCUT2D eigenvalue weighted by Crippen LogP contribution is 2.48. The van der Waals surface area contributed by atoms with E-state index in [0.717, 1.165) is 0 Å². The number of hydrogen-bond acceptors (Lipinski definition) is 0. The van der Waals surface area contributed by atoms with Crippen molar-refractivity contribution in [3.8, 4) is 33.4 Å². The van der Waals surface area contributed by atoms with Gasteiger partial charge in [-0.05, 0) is 93.5 Å². The molecule has 0 N–H and O–H groups in total. The molecule has 0 nitrogen and oxygen atoms in total. The SMILES string of the molecule is CC(C)(C)c1ccc2c(-c3cccc4ccccc34)c3ccccc3c(-c3ccc(-c4ccccc4)c4ccccc34)c2c1. The van der Waals surface area contributed by atoms with Crippen LogP contribution in [0.1, 0.15) is 26.3 Å². The number of rotatable bonds is 3.